The molecular formula is C22H21NO4S2. The maximum Gasteiger partial charge on any atom is 0.338 e. The third-order valence-corrected chi connectivity index (χ3v) is 6.42. The Kier molecular flexibility index (Phi) is 5.87. The molecule has 5 nitrogen and oxygen atoms in total. The van der Waals surface area contributed by atoms with Crippen molar-refractivity contribution in [2.24, 2.45) is 0 Å². The van der Waals surface area contributed by atoms with Crippen molar-refractivity contribution in [2.45, 2.75) is 38.6 Å². The number of rotatable bonds is 5. The van der Waals surface area contributed by atoms with Crippen LogP contribution >= 0.6 is 24.0 Å². The Morgan fingerprint density at radius 3 is 2.66 bits per heavy atom. The first kappa shape index (κ1) is 19.9. The van der Waals surface area contributed by atoms with Crippen molar-refractivity contribution in [2.75, 3.05) is 6.61 Å². The molecule has 2 aliphatic rings. The van der Waals surface area contributed by atoms with Crippen molar-refractivity contribution in [3.63, 3.8) is 0 Å². The van der Waals surface area contributed by atoms with E-state index in [-0.39, 0.29) is 17.9 Å². The Morgan fingerprint density at radius 2 is 1.97 bits per heavy atom. The van der Waals surface area contributed by atoms with E-state index in [0.717, 1.165) is 31.2 Å². The van der Waals surface area contributed by atoms with E-state index in [1.54, 1.807) is 30.0 Å². The summed E-state index contributed by atoms with van der Waals surface area (Å²) in [5.41, 5.74) is 1.34. The summed E-state index contributed by atoms with van der Waals surface area (Å²) in [6.45, 7) is 2.12. The van der Waals surface area contributed by atoms with Gasteiger partial charge in [0.05, 0.1) is 17.1 Å². The number of amides is 1. The molecule has 0 N–H and O–H groups in total. The van der Waals surface area contributed by atoms with E-state index in [1.807, 2.05) is 24.3 Å². The number of ether oxygens (including phenoxy) is 1. The standard InChI is InChI=1S/C22H21NO4S2/c1-2-26-21(25)15-9-7-14(8-10-15)18-12-11-17(27-18)13-19-20(24)23(22(28)29-19)16-5-3-4-6-16/h7-13,16H,2-6H2,1H3/b19-13+. The monoisotopic (exact) mass is 427 g/mol. The zero-order chi connectivity index (χ0) is 20.4. The molecule has 2 heterocycles. The zero-order valence-electron chi connectivity index (χ0n) is 16.1. The number of carbonyl (C=O) groups excluding carboxylic acids is 2. The minimum atomic E-state index is -0.344. The van der Waals surface area contributed by atoms with E-state index >= 15 is 0 Å². The van der Waals surface area contributed by atoms with Gasteiger partial charge < -0.3 is 9.15 Å². The second kappa shape index (κ2) is 8.55. The highest BCUT2D eigenvalue weighted by Gasteiger charge is 2.38. The Morgan fingerprint density at radius 1 is 1.24 bits per heavy atom. The maximum absolute atomic E-state index is 12.8. The molecule has 1 aromatic heterocycles. The van der Waals surface area contributed by atoms with Crippen LogP contribution in [-0.2, 0) is 9.53 Å². The lowest BCUT2D eigenvalue weighted by Crippen LogP contribution is -2.36. The lowest BCUT2D eigenvalue weighted by molar-refractivity contribution is -0.123. The van der Waals surface area contributed by atoms with Crippen molar-refractivity contribution in [1.29, 1.82) is 0 Å². The molecule has 0 radical (unpaired) electrons. The molecule has 0 bridgehead atoms. The molecule has 4 rings (SSSR count). The SMILES string of the molecule is CCOC(=O)c1ccc(-c2ccc(/C=C3/SC(=S)N(C4CCCC4)C3=O)o2)cc1. The first-order chi connectivity index (χ1) is 14.1. The first-order valence-electron chi connectivity index (χ1n) is 9.71. The third-order valence-electron chi connectivity index (χ3n) is 5.09. The average molecular weight is 428 g/mol. The first-order valence-corrected chi connectivity index (χ1v) is 10.9. The summed E-state index contributed by atoms with van der Waals surface area (Å²) >= 11 is 6.78. The molecule has 2 aromatic rings. The molecule has 1 saturated carbocycles. The fraction of sp³-hybridized carbons (Fsp3) is 0.318. The predicted molar refractivity (Wildman–Crippen MR) is 117 cm³/mol. The van der Waals surface area contributed by atoms with Gasteiger partial charge in [0.1, 0.15) is 15.8 Å². The van der Waals surface area contributed by atoms with Gasteiger partial charge in [0.25, 0.3) is 5.91 Å². The Hall–Kier alpha value is -2.38. The normalized spacial score (nSPS) is 18.8. The van der Waals surface area contributed by atoms with E-state index in [4.69, 9.17) is 21.4 Å². The van der Waals surface area contributed by atoms with Gasteiger partial charge in [-0.05, 0) is 44.0 Å². The number of thiocarbonyl (C=S) groups is 1. The smallest absolute Gasteiger partial charge is 0.338 e. The van der Waals surface area contributed by atoms with Gasteiger partial charge in [-0.25, -0.2) is 4.79 Å². The Labute approximate surface area is 179 Å². The molecule has 150 valence electrons. The van der Waals surface area contributed by atoms with Gasteiger partial charge in [-0.1, -0.05) is 49.0 Å². The number of benzene rings is 1. The number of hydrogen-bond donors (Lipinski definition) is 0. The average Bonchev–Trinajstić information content (AvgIpc) is 3.45. The summed E-state index contributed by atoms with van der Waals surface area (Å²) in [4.78, 5) is 26.9. The molecule has 2 fully saturated rings. The summed E-state index contributed by atoms with van der Waals surface area (Å²) in [5, 5.41) is 0. The van der Waals surface area contributed by atoms with Gasteiger partial charge in [0.15, 0.2) is 0 Å². The third kappa shape index (κ3) is 4.16. The highest BCUT2D eigenvalue weighted by atomic mass is 32.2. The maximum atomic E-state index is 12.8. The minimum Gasteiger partial charge on any atom is -0.462 e. The highest BCUT2D eigenvalue weighted by Crippen LogP contribution is 2.38. The minimum absolute atomic E-state index is 0.0244. The summed E-state index contributed by atoms with van der Waals surface area (Å²) in [7, 11) is 0. The van der Waals surface area contributed by atoms with Crippen LogP contribution in [0.3, 0.4) is 0 Å². The molecule has 0 atom stereocenters. The molecule has 0 spiro atoms. The fourth-order valence-corrected chi connectivity index (χ4v) is 5.04. The van der Waals surface area contributed by atoms with Crippen molar-refractivity contribution < 1.29 is 18.7 Å². The zero-order valence-corrected chi connectivity index (χ0v) is 17.7. The van der Waals surface area contributed by atoms with Crippen LogP contribution in [0.15, 0.2) is 45.7 Å². The number of hydrogen-bond acceptors (Lipinski definition) is 6. The Balaban J connectivity index is 1.50. The number of thioether (sulfide) groups is 1. The van der Waals surface area contributed by atoms with Crippen LogP contribution in [0.4, 0.5) is 0 Å². The summed E-state index contributed by atoms with van der Waals surface area (Å²) in [5.74, 6) is 0.895. The van der Waals surface area contributed by atoms with Crippen molar-refractivity contribution in [3.8, 4) is 11.3 Å². The fourth-order valence-electron chi connectivity index (χ4n) is 3.66. The van der Waals surface area contributed by atoms with Crippen molar-refractivity contribution in [3.05, 3.63) is 52.6 Å². The van der Waals surface area contributed by atoms with Crippen LogP contribution in [0.25, 0.3) is 17.4 Å². The van der Waals surface area contributed by atoms with E-state index < -0.39 is 0 Å². The molecule has 1 amide bonds. The van der Waals surface area contributed by atoms with E-state index in [9.17, 15) is 9.59 Å². The summed E-state index contributed by atoms with van der Waals surface area (Å²) in [6.07, 6.45) is 6.10. The predicted octanol–water partition coefficient (Wildman–Crippen LogP) is 5.27. The Bertz CT molecular complexity index is 971. The van der Waals surface area contributed by atoms with Crippen LogP contribution in [-0.4, -0.2) is 33.7 Å². The molecule has 1 aromatic carbocycles. The van der Waals surface area contributed by atoms with Crippen molar-refractivity contribution in [1.82, 2.24) is 4.90 Å². The van der Waals surface area contributed by atoms with Crippen molar-refractivity contribution >= 4 is 46.3 Å². The van der Waals surface area contributed by atoms with Gasteiger partial charge in [0, 0.05) is 17.7 Å². The number of carbonyl (C=O) groups is 2. The van der Waals surface area contributed by atoms with Crippen LogP contribution < -0.4 is 0 Å². The second-order valence-electron chi connectivity index (χ2n) is 6.99. The molecule has 29 heavy (non-hydrogen) atoms. The van der Waals surface area contributed by atoms with E-state index in [0.29, 0.717) is 32.9 Å². The largest absolute Gasteiger partial charge is 0.462 e. The van der Waals surface area contributed by atoms with E-state index in [2.05, 4.69) is 0 Å². The highest BCUT2D eigenvalue weighted by molar-refractivity contribution is 8.26. The van der Waals surface area contributed by atoms with Crippen LogP contribution in [0, 0.1) is 0 Å². The van der Waals surface area contributed by atoms with Gasteiger partial charge in [-0.15, -0.1) is 0 Å². The number of furan rings is 1. The molecule has 7 heteroatoms. The quantitative estimate of drug-likeness (QED) is 0.368. The lowest BCUT2D eigenvalue weighted by Gasteiger charge is -2.21. The van der Waals surface area contributed by atoms with Crippen LogP contribution in [0.1, 0.15) is 48.7 Å². The molecule has 1 aliphatic heterocycles. The second-order valence-corrected chi connectivity index (χ2v) is 8.67. The van der Waals surface area contributed by atoms with E-state index in [1.165, 1.54) is 11.8 Å². The summed E-state index contributed by atoms with van der Waals surface area (Å²) in [6, 6.07) is 11.0. The van der Waals surface area contributed by atoms with Gasteiger partial charge in [-0.3, -0.25) is 9.69 Å². The molecule has 1 aliphatic carbocycles. The summed E-state index contributed by atoms with van der Waals surface area (Å²) < 4.78 is 11.5. The van der Waals surface area contributed by atoms with Crippen LogP contribution in [0.2, 0.25) is 0 Å². The molecule has 1 saturated heterocycles. The number of esters is 1. The van der Waals surface area contributed by atoms with Gasteiger partial charge in [-0.2, -0.15) is 0 Å². The lowest BCUT2D eigenvalue weighted by atomic mass is 10.1. The topological polar surface area (TPSA) is 59.8 Å². The molecule has 0 unspecified atom stereocenters. The van der Waals surface area contributed by atoms with Gasteiger partial charge in [0.2, 0.25) is 0 Å². The number of nitrogens with zero attached hydrogens (tertiary/aromatic N) is 1. The molecular weight excluding hydrogens is 406 g/mol. The van der Waals surface area contributed by atoms with Gasteiger partial charge >= 0.3 is 5.97 Å². The van der Waals surface area contributed by atoms with Crippen LogP contribution in [0.5, 0.6) is 0 Å².